The number of nitrogens with one attached hydrogen (secondary N) is 1. The Morgan fingerprint density at radius 2 is 2.10 bits per heavy atom. The van der Waals surface area contributed by atoms with E-state index in [1.807, 2.05) is 0 Å². The number of nitrogens with zero attached hydrogens (tertiary/aromatic N) is 3. The lowest BCUT2D eigenvalue weighted by Gasteiger charge is -2.38. The van der Waals surface area contributed by atoms with Crippen LogP contribution in [0.15, 0.2) is 22.6 Å². The number of hydrogen-bond donors (Lipinski definition) is 1. The van der Waals surface area contributed by atoms with Crippen molar-refractivity contribution in [3.05, 3.63) is 28.3 Å². The summed E-state index contributed by atoms with van der Waals surface area (Å²) in [6, 6.07) is 5.62. The summed E-state index contributed by atoms with van der Waals surface area (Å²) in [5.41, 5.74) is 4.24. The molecule has 2 heterocycles. The molecule has 2 atom stereocenters. The number of hydrogen-bond acceptors (Lipinski definition) is 6. The smallest absolute Gasteiger partial charge is 0.310 e. The van der Waals surface area contributed by atoms with Gasteiger partial charge in [-0.2, -0.15) is 4.98 Å². The van der Waals surface area contributed by atoms with E-state index in [1.165, 1.54) is 18.6 Å². The van der Waals surface area contributed by atoms with Gasteiger partial charge in [0, 0.05) is 18.2 Å². The lowest BCUT2D eigenvalue weighted by Crippen LogP contribution is -2.47. The van der Waals surface area contributed by atoms with Crippen molar-refractivity contribution in [1.29, 1.82) is 0 Å². The normalized spacial score (nSPS) is 23.3. The number of anilines is 1. The molecule has 1 aromatic heterocycles. The summed E-state index contributed by atoms with van der Waals surface area (Å²) in [5, 5.41) is 12.9. The number of hydrazine groups is 1. The van der Waals surface area contributed by atoms with E-state index >= 15 is 0 Å². The Bertz CT molecular complexity index is 659. The molecular weight excluding hydrogens is 272 g/mol. The number of non-ortho nitro benzene ring substituents is 1. The summed E-state index contributed by atoms with van der Waals surface area (Å²) in [4.78, 5) is 14.7. The van der Waals surface area contributed by atoms with Crippen LogP contribution in [-0.4, -0.2) is 27.0 Å². The molecule has 1 aliphatic rings. The van der Waals surface area contributed by atoms with Crippen LogP contribution in [0.3, 0.4) is 0 Å². The number of benzene rings is 1. The minimum absolute atomic E-state index is 0.00455. The average molecular weight is 290 g/mol. The molecule has 7 nitrogen and oxygen atoms in total. The van der Waals surface area contributed by atoms with Crippen LogP contribution in [-0.2, 0) is 0 Å². The van der Waals surface area contributed by atoms with Crippen molar-refractivity contribution in [2.75, 3.05) is 5.43 Å². The van der Waals surface area contributed by atoms with Crippen LogP contribution in [0.4, 0.5) is 11.7 Å². The summed E-state index contributed by atoms with van der Waals surface area (Å²) in [6.45, 7) is 4.33. The molecule has 112 valence electrons. The SMILES string of the molecule is CC1CCCC(C)N1Nc1nc2ccc([N+](=O)[O-])cc2o1. The van der Waals surface area contributed by atoms with E-state index in [0.717, 1.165) is 12.8 Å². The highest BCUT2D eigenvalue weighted by atomic mass is 16.6. The van der Waals surface area contributed by atoms with E-state index in [2.05, 4.69) is 29.3 Å². The standard InChI is InChI=1S/C14H18N4O3/c1-9-4-3-5-10(2)17(9)16-14-15-12-7-6-11(18(19)20)8-13(12)21-14/h6-10H,3-5H2,1-2H3,(H,15,16). The Hall–Kier alpha value is -2.15. The van der Waals surface area contributed by atoms with Crippen molar-refractivity contribution in [2.24, 2.45) is 0 Å². The largest absolute Gasteiger partial charge is 0.422 e. The maximum atomic E-state index is 10.8. The van der Waals surface area contributed by atoms with Gasteiger partial charge in [0.1, 0.15) is 5.52 Å². The van der Waals surface area contributed by atoms with Gasteiger partial charge in [0.25, 0.3) is 5.69 Å². The zero-order chi connectivity index (χ0) is 15.0. The summed E-state index contributed by atoms with van der Waals surface area (Å²) in [7, 11) is 0. The summed E-state index contributed by atoms with van der Waals surface area (Å²) in [5.74, 6) is 0. The van der Waals surface area contributed by atoms with E-state index in [-0.39, 0.29) is 5.69 Å². The highest BCUT2D eigenvalue weighted by Crippen LogP contribution is 2.27. The molecule has 0 spiro atoms. The number of nitro groups is 1. The van der Waals surface area contributed by atoms with E-state index in [4.69, 9.17) is 4.42 Å². The van der Waals surface area contributed by atoms with Crippen molar-refractivity contribution in [3.63, 3.8) is 0 Å². The molecule has 2 aromatic rings. The van der Waals surface area contributed by atoms with Crippen LogP contribution in [0.1, 0.15) is 33.1 Å². The molecule has 7 heteroatoms. The number of fused-ring (bicyclic) bond motifs is 1. The third-order valence-electron chi connectivity index (χ3n) is 4.00. The quantitative estimate of drug-likeness (QED) is 0.689. The molecule has 1 aliphatic heterocycles. The first-order valence-electron chi connectivity index (χ1n) is 7.14. The van der Waals surface area contributed by atoms with E-state index < -0.39 is 4.92 Å². The minimum atomic E-state index is -0.441. The van der Waals surface area contributed by atoms with Gasteiger partial charge in [-0.25, -0.2) is 5.01 Å². The fourth-order valence-electron chi connectivity index (χ4n) is 2.83. The van der Waals surface area contributed by atoms with Crippen molar-refractivity contribution >= 4 is 22.8 Å². The Morgan fingerprint density at radius 1 is 1.38 bits per heavy atom. The Balaban J connectivity index is 1.85. The van der Waals surface area contributed by atoms with E-state index in [1.54, 1.807) is 6.07 Å². The first-order chi connectivity index (χ1) is 10.0. The summed E-state index contributed by atoms with van der Waals surface area (Å²) >= 11 is 0. The van der Waals surface area contributed by atoms with Gasteiger partial charge in [-0.05, 0) is 32.8 Å². The van der Waals surface area contributed by atoms with Gasteiger partial charge in [0.05, 0.1) is 11.0 Å². The van der Waals surface area contributed by atoms with Gasteiger partial charge in [-0.1, -0.05) is 6.42 Å². The second-order valence-electron chi connectivity index (χ2n) is 5.58. The molecule has 3 rings (SSSR count). The lowest BCUT2D eigenvalue weighted by molar-refractivity contribution is -0.384. The van der Waals surface area contributed by atoms with Crippen LogP contribution in [0.5, 0.6) is 0 Å². The van der Waals surface area contributed by atoms with Gasteiger partial charge >= 0.3 is 6.01 Å². The van der Waals surface area contributed by atoms with Crippen LogP contribution >= 0.6 is 0 Å². The van der Waals surface area contributed by atoms with Gasteiger partial charge in [-0.3, -0.25) is 15.5 Å². The second-order valence-corrected chi connectivity index (χ2v) is 5.58. The minimum Gasteiger partial charge on any atom is -0.422 e. The van der Waals surface area contributed by atoms with Crippen LogP contribution in [0.2, 0.25) is 0 Å². The third-order valence-corrected chi connectivity index (χ3v) is 4.00. The first-order valence-corrected chi connectivity index (χ1v) is 7.14. The Kier molecular flexibility index (Phi) is 3.50. The lowest BCUT2D eigenvalue weighted by atomic mass is 10.00. The number of nitro benzene ring substituents is 1. The molecular formula is C14H18N4O3. The molecule has 0 bridgehead atoms. The number of piperidine rings is 1. The van der Waals surface area contributed by atoms with Crippen molar-refractivity contribution in [3.8, 4) is 0 Å². The topological polar surface area (TPSA) is 84.4 Å². The highest BCUT2D eigenvalue weighted by Gasteiger charge is 2.26. The van der Waals surface area contributed by atoms with Crippen LogP contribution < -0.4 is 5.43 Å². The predicted octanol–water partition coefficient (Wildman–Crippen LogP) is 3.33. The first kappa shape index (κ1) is 13.8. The molecule has 1 saturated heterocycles. The molecule has 21 heavy (non-hydrogen) atoms. The van der Waals surface area contributed by atoms with Crippen LogP contribution in [0, 0.1) is 10.1 Å². The van der Waals surface area contributed by atoms with Gasteiger partial charge in [0.2, 0.25) is 0 Å². The number of aromatic nitrogens is 1. The second kappa shape index (κ2) is 5.33. The zero-order valence-electron chi connectivity index (χ0n) is 12.1. The fraction of sp³-hybridized carbons (Fsp3) is 0.500. The van der Waals surface area contributed by atoms with Crippen molar-refractivity contribution in [2.45, 2.75) is 45.2 Å². The Labute approximate surface area is 122 Å². The van der Waals surface area contributed by atoms with E-state index in [0.29, 0.717) is 29.2 Å². The fourth-order valence-corrected chi connectivity index (χ4v) is 2.83. The summed E-state index contributed by atoms with van der Waals surface area (Å²) in [6.07, 6.45) is 3.48. The summed E-state index contributed by atoms with van der Waals surface area (Å²) < 4.78 is 5.59. The molecule has 0 aliphatic carbocycles. The van der Waals surface area contributed by atoms with E-state index in [9.17, 15) is 10.1 Å². The average Bonchev–Trinajstić information content (AvgIpc) is 2.84. The predicted molar refractivity (Wildman–Crippen MR) is 78.9 cm³/mol. The Morgan fingerprint density at radius 3 is 2.76 bits per heavy atom. The van der Waals surface area contributed by atoms with Gasteiger partial charge in [-0.15, -0.1) is 0 Å². The van der Waals surface area contributed by atoms with Crippen molar-refractivity contribution in [1.82, 2.24) is 9.99 Å². The molecule has 1 N–H and O–H groups in total. The van der Waals surface area contributed by atoms with Gasteiger partial charge in [0.15, 0.2) is 5.58 Å². The number of rotatable bonds is 3. The van der Waals surface area contributed by atoms with Crippen LogP contribution in [0.25, 0.3) is 11.1 Å². The molecule has 0 amide bonds. The molecule has 2 unspecified atom stereocenters. The van der Waals surface area contributed by atoms with Gasteiger partial charge < -0.3 is 4.42 Å². The maximum absolute atomic E-state index is 10.8. The highest BCUT2D eigenvalue weighted by molar-refractivity contribution is 5.77. The third kappa shape index (κ3) is 2.69. The monoisotopic (exact) mass is 290 g/mol. The van der Waals surface area contributed by atoms with Crippen molar-refractivity contribution < 1.29 is 9.34 Å². The number of oxazole rings is 1. The maximum Gasteiger partial charge on any atom is 0.310 e. The molecule has 0 radical (unpaired) electrons. The zero-order valence-corrected chi connectivity index (χ0v) is 12.1. The molecule has 0 saturated carbocycles. The molecule has 1 aromatic carbocycles. The molecule has 1 fully saturated rings.